The van der Waals surface area contributed by atoms with Crippen molar-refractivity contribution in [3.63, 3.8) is 0 Å². The number of benzene rings is 1. The molecule has 0 saturated carbocycles. The first-order valence-corrected chi connectivity index (χ1v) is 8.82. The van der Waals surface area contributed by atoms with Crippen LogP contribution in [0.5, 0.6) is 5.75 Å². The van der Waals surface area contributed by atoms with Gasteiger partial charge in [-0.3, -0.25) is 9.59 Å². The fraction of sp³-hybridized carbons (Fsp3) is 0.579. The second-order valence-electron chi connectivity index (χ2n) is 6.87. The van der Waals surface area contributed by atoms with E-state index < -0.39 is 12.1 Å². The summed E-state index contributed by atoms with van der Waals surface area (Å²) >= 11 is 0. The van der Waals surface area contributed by atoms with Gasteiger partial charge in [0, 0.05) is 32.2 Å². The van der Waals surface area contributed by atoms with Gasteiger partial charge in [0.2, 0.25) is 0 Å². The maximum atomic E-state index is 13.1. The smallest absolute Gasteiger partial charge is 0.305 e. The SMILES string of the molecule is Cc1cc2c(cc1C)OC(C(=O)N(CCC(=O)O)C1CCOCC1)C2. The van der Waals surface area contributed by atoms with E-state index in [2.05, 4.69) is 6.07 Å². The minimum atomic E-state index is -0.897. The second-order valence-corrected chi connectivity index (χ2v) is 6.87. The molecule has 6 nitrogen and oxygen atoms in total. The highest BCUT2D eigenvalue weighted by Crippen LogP contribution is 2.32. The number of hydrogen-bond acceptors (Lipinski definition) is 4. The molecule has 6 heteroatoms. The summed E-state index contributed by atoms with van der Waals surface area (Å²) in [5.41, 5.74) is 3.37. The Morgan fingerprint density at radius 3 is 2.56 bits per heavy atom. The summed E-state index contributed by atoms with van der Waals surface area (Å²) in [5, 5.41) is 9.02. The van der Waals surface area contributed by atoms with Gasteiger partial charge >= 0.3 is 5.97 Å². The third-order valence-electron chi connectivity index (χ3n) is 5.11. The lowest BCUT2D eigenvalue weighted by Gasteiger charge is -2.35. The molecule has 0 radical (unpaired) electrons. The molecule has 1 amide bonds. The molecule has 136 valence electrons. The van der Waals surface area contributed by atoms with Crippen LogP contribution in [0.4, 0.5) is 0 Å². The van der Waals surface area contributed by atoms with Gasteiger partial charge in [-0.2, -0.15) is 0 Å². The third kappa shape index (κ3) is 3.95. The number of aliphatic carboxylic acids is 1. The van der Waals surface area contributed by atoms with Gasteiger partial charge < -0.3 is 19.5 Å². The van der Waals surface area contributed by atoms with Crippen LogP contribution in [-0.2, 0) is 20.7 Å². The average Bonchev–Trinajstić information content (AvgIpc) is 2.99. The zero-order valence-electron chi connectivity index (χ0n) is 14.8. The monoisotopic (exact) mass is 347 g/mol. The molecule has 2 aliphatic rings. The molecule has 1 unspecified atom stereocenters. The molecule has 2 aliphatic heterocycles. The quantitative estimate of drug-likeness (QED) is 0.883. The number of carbonyl (C=O) groups excluding carboxylic acids is 1. The lowest BCUT2D eigenvalue weighted by molar-refractivity contribution is -0.144. The minimum absolute atomic E-state index is 0.0244. The van der Waals surface area contributed by atoms with Gasteiger partial charge in [0.25, 0.3) is 5.91 Å². The number of carboxylic acids is 1. The third-order valence-corrected chi connectivity index (χ3v) is 5.11. The van der Waals surface area contributed by atoms with Gasteiger partial charge in [-0.1, -0.05) is 6.07 Å². The number of hydrogen-bond donors (Lipinski definition) is 1. The van der Waals surface area contributed by atoms with Crippen molar-refractivity contribution < 1.29 is 24.2 Å². The van der Waals surface area contributed by atoms with Crippen molar-refractivity contribution in [1.82, 2.24) is 4.90 Å². The van der Waals surface area contributed by atoms with Crippen molar-refractivity contribution >= 4 is 11.9 Å². The summed E-state index contributed by atoms with van der Waals surface area (Å²) in [4.78, 5) is 25.8. The van der Waals surface area contributed by atoms with Gasteiger partial charge in [0.15, 0.2) is 6.10 Å². The highest BCUT2D eigenvalue weighted by molar-refractivity contribution is 5.83. The van der Waals surface area contributed by atoms with Crippen LogP contribution in [0.25, 0.3) is 0 Å². The lowest BCUT2D eigenvalue weighted by Crippen LogP contribution is -2.49. The van der Waals surface area contributed by atoms with E-state index in [0.29, 0.717) is 19.6 Å². The number of rotatable bonds is 5. The van der Waals surface area contributed by atoms with E-state index in [1.165, 1.54) is 5.56 Å². The van der Waals surface area contributed by atoms with E-state index in [1.54, 1.807) is 4.90 Å². The standard InChI is InChI=1S/C19H25NO5/c1-12-9-14-11-17(25-16(14)10-13(12)2)19(23)20(6-3-18(21)22)15-4-7-24-8-5-15/h9-10,15,17H,3-8,11H2,1-2H3,(H,21,22). The van der Waals surface area contributed by atoms with Crippen molar-refractivity contribution in [3.05, 3.63) is 28.8 Å². The van der Waals surface area contributed by atoms with Gasteiger partial charge in [-0.05, 0) is 49.4 Å². The largest absolute Gasteiger partial charge is 0.481 e. The van der Waals surface area contributed by atoms with Crippen molar-refractivity contribution in [2.45, 2.75) is 51.7 Å². The molecule has 1 fully saturated rings. The number of aryl methyl sites for hydroxylation is 2. The Morgan fingerprint density at radius 2 is 1.88 bits per heavy atom. The minimum Gasteiger partial charge on any atom is -0.481 e. The maximum absolute atomic E-state index is 13.1. The molecular formula is C19H25NO5. The summed E-state index contributed by atoms with van der Waals surface area (Å²) in [7, 11) is 0. The summed E-state index contributed by atoms with van der Waals surface area (Å²) in [6.07, 6.45) is 1.41. The van der Waals surface area contributed by atoms with Gasteiger partial charge in [0.1, 0.15) is 5.75 Å². The Labute approximate surface area is 147 Å². The van der Waals surface area contributed by atoms with E-state index >= 15 is 0 Å². The summed E-state index contributed by atoms with van der Waals surface area (Å²) in [6, 6.07) is 4.08. The highest BCUT2D eigenvalue weighted by Gasteiger charge is 2.36. The number of carboxylic acid groups (broad SMARTS) is 1. The summed E-state index contributed by atoms with van der Waals surface area (Å²) in [6.45, 7) is 5.49. The molecule has 25 heavy (non-hydrogen) atoms. The molecule has 3 rings (SSSR count). The van der Waals surface area contributed by atoms with Crippen LogP contribution in [-0.4, -0.2) is 53.8 Å². The Kier molecular flexibility index (Phi) is 5.27. The molecule has 0 aromatic heterocycles. The van der Waals surface area contributed by atoms with E-state index in [0.717, 1.165) is 29.7 Å². The fourth-order valence-corrected chi connectivity index (χ4v) is 3.52. The van der Waals surface area contributed by atoms with Crippen LogP contribution >= 0.6 is 0 Å². The first kappa shape index (κ1) is 17.7. The number of carbonyl (C=O) groups is 2. The van der Waals surface area contributed by atoms with Crippen LogP contribution in [0.1, 0.15) is 36.0 Å². The topological polar surface area (TPSA) is 76.1 Å². The van der Waals surface area contributed by atoms with Crippen LogP contribution in [0.3, 0.4) is 0 Å². The molecule has 1 aromatic rings. The Morgan fingerprint density at radius 1 is 1.20 bits per heavy atom. The van der Waals surface area contributed by atoms with Crippen LogP contribution in [0, 0.1) is 13.8 Å². The molecule has 0 aliphatic carbocycles. The Hall–Kier alpha value is -2.08. The lowest BCUT2D eigenvalue weighted by atomic mass is 10.0. The van der Waals surface area contributed by atoms with Crippen molar-refractivity contribution in [3.8, 4) is 5.75 Å². The van der Waals surface area contributed by atoms with Crippen molar-refractivity contribution in [2.75, 3.05) is 19.8 Å². The molecule has 1 saturated heterocycles. The molecule has 1 N–H and O–H groups in total. The average molecular weight is 347 g/mol. The number of ether oxygens (including phenoxy) is 2. The van der Waals surface area contributed by atoms with E-state index in [-0.39, 0.29) is 24.9 Å². The van der Waals surface area contributed by atoms with Gasteiger partial charge in [0.05, 0.1) is 6.42 Å². The molecule has 0 spiro atoms. The first-order valence-electron chi connectivity index (χ1n) is 8.82. The maximum Gasteiger partial charge on any atom is 0.305 e. The van der Waals surface area contributed by atoms with Crippen molar-refractivity contribution in [1.29, 1.82) is 0 Å². The predicted molar refractivity (Wildman–Crippen MR) is 91.8 cm³/mol. The zero-order valence-corrected chi connectivity index (χ0v) is 14.8. The van der Waals surface area contributed by atoms with Gasteiger partial charge in [-0.25, -0.2) is 0 Å². The fourth-order valence-electron chi connectivity index (χ4n) is 3.52. The second kappa shape index (κ2) is 7.44. The predicted octanol–water partition coefficient (Wildman–Crippen LogP) is 2.09. The molecule has 0 bridgehead atoms. The molecule has 1 aromatic carbocycles. The molecule has 1 atom stereocenters. The molecule has 2 heterocycles. The van der Waals surface area contributed by atoms with Crippen LogP contribution in [0.2, 0.25) is 0 Å². The summed E-state index contributed by atoms with van der Waals surface area (Å²) < 4.78 is 11.3. The van der Waals surface area contributed by atoms with Crippen LogP contribution < -0.4 is 4.74 Å². The van der Waals surface area contributed by atoms with Crippen LogP contribution in [0.15, 0.2) is 12.1 Å². The number of nitrogens with zero attached hydrogens (tertiary/aromatic N) is 1. The summed E-state index contributed by atoms with van der Waals surface area (Å²) in [5.74, 6) is -0.238. The number of fused-ring (bicyclic) bond motifs is 1. The highest BCUT2D eigenvalue weighted by atomic mass is 16.5. The Bertz CT molecular complexity index is 635. The van der Waals surface area contributed by atoms with E-state index in [4.69, 9.17) is 14.6 Å². The normalized spacial score (nSPS) is 20.0. The van der Waals surface area contributed by atoms with E-state index in [9.17, 15) is 9.59 Å². The Balaban J connectivity index is 1.74. The number of amides is 1. The van der Waals surface area contributed by atoms with Crippen molar-refractivity contribution in [2.24, 2.45) is 0 Å². The first-order chi connectivity index (χ1) is 12.0. The molecular weight excluding hydrogens is 322 g/mol. The van der Waals surface area contributed by atoms with Gasteiger partial charge in [-0.15, -0.1) is 0 Å². The zero-order chi connectivity index (χ0) is 18.0. The van der Waals surface area contributed by atoms with E-state index in [1.807, 2.05) is 19.9 Å².